The molecule has 1 N–H and O–H groups in total. The highest BCUT2D eigenvalue weighted by Gasteiger charge is 2.05. The van der Waals surface area contributed by atoms with Gasteiger partial charge in [0.15, 0.2) is 0 Å². The van der Waals surface area contributed by atoms with Gasteiger partial charge in [0.05, 0.1) is 0 Å². The fourth-order valence-corrected chi connectivity index (χ4v) is 1.74. The highest BCUT2D eigenvalue weighted by molar-refractivity contribution is 5.62. The van der Waals surface area contributed by atoms with E-state index in [0.717, 1.165) is 24.1 Å². The van der Waals surface area contributed by atoms with Gasteiger partial charge >= 0.3 is 0 Å². The minimum absolute atomic E-state index is 0.181. The van der Waals surface area contributed by atoms with E-state index in [1.165, 1.54) is 12.4 Å². The van der Waals surface area contributed by atoms with Gasteiger partial charge in [0.2, 0.25) is 0 Å². The summed E-state index contributed by atoms with van der Waals surface area (Å²) in [6.07, 6.45) is 5.97. The summed E-state index contributed by atoms with van der Waals surface area (Å²) < 4.78 is 13.6. The van der Waals surface area contributed by atoms with Gasteiger partial charge in [0.25, 0.3) is 0 Å². The van der Waals surface area contributed by atoms with Gasteiger partial charge in [-0.25, -0.2) is 14.4 Å². The molecule has 2 aromatic rings. The molecule has 0 saturated carbocycles. The first-order valence-corrected chi connectivity index (χ1v) is 6.05. The zero-order chi connectivity index (χ0) is 12.8. The second-order valence-electron chi connectivity index (χ2n) is 4.11. The Labute approximate surface area is 106 Å². The predicted molar refractivity (Wildman–Crippen MR) is 69.4 cm³/mol. The van der Waals surface area contributed by atoms with Crippen molar-refractivity contribution in [3.05, 3.63) is 48.3 Å². The molecule has 3 nitrogen and oxygen atoms in total. The summed E-state index contributed by atoms with van der Waals surface area (Å²) >= 11 is 0. The smallest absolute Gasteiger partial charge is 0.127 e. The third-order valence-corrected chi connectivity index (χ3v) is 2.68. The van der Waals surface area contributed by atoms with Crippen molar-refractivity contribution in [3.63, 3.8) is 0 Å². The molecule has 0 atom stereocenters. The van der Waals surface area contributed by atoms with Crippen LogP contribution in [-0.4, -0.2) is 16.5 Å². The zero-order valence-corrected chi connectivity index (χ0v) is 10.4. The van der Waals surface area contributed by atoms with Gasteiger partial charge in [-0.3, -0.25) is 0 Å². The van der Waals surface area contributed by atoms with E-state index in [1.54, 1.807) is 18.5 Å². The van der Waals surface area contributed by atoms with E-state index in [1.807, 2.05) is 6.07 Å². The standard InChI is InChI=1S/C14H16FN3/c1-2-5-16-7-12-6-11(3-4-14(12)15)13-8-17-10-18-9-13/h3-4,6,8-10,16H,2,5,7H2,1H3. The van der Waals surface area contributed by atoms with Gasteiger partial charge in [-0.1, -0.05) is 13.0 Å². The van der Waals surface area contributed by atoms with Crippen LogP contribution in [0.3, 0.4) is 0 Å². The fourth-order valence-electron chi connectivity index (χ4n) is 1.74. The summed E-state index contributed by atoms with van der Waals surface area (Å²) in [6.45, 7) is 3.51. The summed E-state index contributed by atoms with van der Waals surface area (Å²) in [4.78, 5) is 7.94. The van der Waals surface area contributed by atoms with Crippen LogP contribution < -0.4 is 5.32 Å². The first kappa shape index (κ1) is 12.6. The molecule has 0 aliphatic carbocycles. The number of nitrogens with zero attached hydrogens (tertiary/aromatic N) is 2. The fraction of sp³-hybridized carbons (Fsp3) is 0.286. The molecule has 0 fully saturated rings. The Morgan fingerprint density at radius 1 is 1.17 bits per heavy atom. The number of nitrogens with one attached hydrogen (secondary N) is 1. The maximum atomic E-state index is 13.6. The minimum atomic E-state index is -0.181. The lowest BCUT2D eigenvalue weighted by atomic mass is 10.1. The third-order valence-electron chi connectivity index (χ3n) is 2.68. The monoisotopic (exact) mass is 245 g/mol. The van der Waals surface area contributed by atoms with Crippen LogP contribution in [0.1, 0.15) is 18.9 Å². The minimum Gasteiger partial charge on any atom is -0.313 e. The van der Waals surface area contributed by atoms with E-state index < -0.39 is 0 Å². The molecule has 1 heterocycles. The molecule has 0 unspecified atom stereocenters. The maximum absolute atomic E-state index is 13.6. The van der Waals surface area contributed by atoms with E-state index in [4.69, 9.17) is 0 Å². The Kier molecular flexibility index (Phi) is 4.36. The molecule has 0 spiro atoms. The molecule has 0 radical (unpaired) electrons. The number of halogens is 1. The van der Waals surface area contributed by atoms with Crippen molar-refractivity contribution in [2.24, 2.45) is 0 Å². The Bertz CT molecular complexity index is 500. The van der Waals surface area contributed by atoms with Crippen molar-refractivity contribution in [2.45, 2.75) is 19.9 Å². The van der Waals surface area contributed by atoms with E-state index >= 15 is 0 Å². The Balaban J connectivity index is 2.21. The molecule has 94 valence electrons. The Hall–Kier alpha value is -1.81. The van der Waals surface area contributed by atoms with Gasteiger partial charge in [0, 0.05) is 30.1 Å². The molecular weight excluding hydrogens is 229 g/mol. The largest absolute Gasteiger partial charge is 0.313 e. The molecule has 1 aromatic heterocycles. The topological polar surface area (TPSA) is 37.8 Å². The summed E-state index contributed by atoms with van der Waals surface area (Å²) in [6, 6.07) is 5.08. The summed E-state index contributed by atoms with van der Waals surface area (Å²) in [5, 5.41) is 3.20. The molecule has 2 rings (SSSR count). The first-order valence-electron chi connectivity index (χ1n) is 6.05. The van der Waals surface area contributed by atoms with Gasteiger partial charge in [0.1, 0.15) is 12.1 Å². The van der Waals surface area contributed by atoms with Crippen LogP contribution in [-0.2, 0) is 6.54 Å². The summed E-state index contributed by atoms with van der Waals surface area (Å²) in [5.74, 6) is -0.181. The van der Waals surface area contributed by atoms with Gasteiger partial charge < -0.3 is 5.32 Å². The van der Waals surface area contributed by atoms with Gasteiger partial charge in [-0.15, -0.1) is 0 Å². The molecule has 18 heavy (non-hydrogen) atoms. The van der Waals surface area contributed by atoms with Crippen molar-refractivity contribution >= 4 is 0 Å². The lowest BCUT2D eigenvalue weighted by Crippen LogP contribution is -2.14. The highest BCUT2D eigenvalue weighted by Crippen LogP contribution is 2.20. The Morgan fingerprint density at radius 3 is 2.67 bits per heavy atom. The molecule has 0 bridgehead atoms. The average Bonchev–Trinajstić information content (AvgIpc) is 2.42. The van der Waals surface area contributed by atoms with E-state index in [9.17, 15) is 4.39 Å². The number of benzene rings is 1. The molecule has 0 amide bonds. The van der Waals surface area contributed by atoms with Crippen LogP contribution in [0, 0.1) is 5.82 Å². The zero-order valence-electron chi connectivity index (χ0n) is 10.4. The van der Waals surface area contributed by atoms with E-state index in [-0.39, 0.29) is 5.82 Å². The second-order valence-corrected chi connectivity index (χ2v) is 4.11. The number of hydrogen-bond acceptors (Lipinski definition) is 3. The molecule has 4 heteroatoms. The third kappa shape index (κ3) is 3.11. The number of hydrogen-bond donors (Lipinski definition) is 1. The molecule has 0 aliphatic rings. The molecule has 0 aliphatic heterocycles. The normalized spacial score (nSPS) is 10.6. The maximum Gasteiger partial charge on any atom is 0.127 e. The van der Waals surface area contributed by atoms with Crippen LogP contribution in [0.25, 0.3) is 11.1 Å². The molecular formula is C14H16FN3. The van der Waals surface area contributed by atoms with E-state index in [0.29, 0.717) is 12.1 Å². The Morgan fingerprint density at radius 2 is 1.94 bits per heavy atom. The summed E-state index contributed by atoms with van der Waals surface area (Å²) in [5.41, 5.74) is 2.50. The van der Waals surface area contributed by atoms with Crippen molar-refractivity contribution in [3.8, 4) is 11.1 Å². The molecule has 1 aromatic carbocycles. The van der Waals surface area contributed by atoms with Crippen molar-refractivity contribution in [1.29, 1.82) is 0 Å². The predicted octanol–water partition coefficient (Wildman–Crippen LogP) is 2.78. The van der Waals surface area contributed by atoms with Gasteiger partial charge in [-0.2, -0.15) is 0 Å². The summed E-state index contributed by atoms with van der Waals surface area (Å²) in [7, 11) is 0. The van der Waals surface area contributed by atoms with Crippen molar-refractivity contribution in [2.75, 3.05) is 6.54 Å². The van der Waals surface area contributed by atoms with Crippen LogP contribution >= 0.6 is 0 Å². The van der Waals surface area contributed by atoms with Crippen LogP contribution in [0.4, 0.5) is 4.39 Å². The van der Waals surface area contributed by atoms with E-state index in [2.05, 4.69) is 22.2 Å². The van der Waals surface area contributed by atoms with Crippen LogP contribution in [0.2, 0.25) is 0 Å². The number of aromatic nitrogens is 2. The number of rotatable bonds is 5. The molecule has 0 saturated heterocycles. The van der Waals surface area contributed by atoms with Crippen LogP contribution in [0.5, 0.6) is 0 Å². The van der Waals surface area contributed by atoms with Crippen molar-refractivity contribution < 1.29 is 4.39 Å². The first-order chi connectivity index (χ1) is 8.81. The van der Waals surface area contributed by atoms with Gasteiger partial charge in [-0.05, 0) is 30.7 Å². The average molecular weight is 245 g/mol. The highest BCUT2D eigenvalue weighted by atomic mass is 19.1. The lowest BCUT2D eigenvalue weighted by molar-refractivity contribution is 0.587. The van der Waals surface area contributed by atoms with Crippen LogP contribution in [0.15, 0.2) is 36.9 Å². The lowest BCUT2D eigenvalue weighted by Gasteiger charge is -2.07. The SMILES string of the molecule is CCCNCc1cc(-c2cncnc2)ccc1F. The quantitative estimate of drug-likeness (QED) is 0.823. The second kappa shape index (κ2) is 6.21. The van der Waals surface area contributed by atoms with Crippen molar-refractivity contribution in [1.82, 2.24) is 15.3 Å².